The van der Waals surface area contributed by atoms with Crippen LogP contribution in [0.5, 0.6) is 0 Å². The van der Waals surface area contributed by atoms with Gasteiger partial charge in [0.2, 0.25) is 0 Å². The molecule has 1 aliphatic rings. The molecule has 1 aromatic carbocycles. The van der Waals surface area contributed by atoms with E-state index in [4.69, 9.17) is 0 Å². The molecule has 0 radical (unpaired) electrons. The number of halogens is 1. The molecule has 0 aromatic heterocycles. The number of hydrogen-bond donors (Lipinski definition) is 1. The molecule has 1 N–H and O–H groups in total. The summed E-state index contributed by atoms with van der Waals surface area (Å²) in [5.41, 5.74) is 1.37. The monoisotopic (exact) mass is 259 g/mol. The van der Waals surface area contributed by atoms with Crippen molar-refractivity contribution >= 4 is 24.9 Å². The standard InChI is InChI=1S/C12H18NOP.ClH/c1-15(2,14)12-5-3-10(4-6-12)11-7-8-13-9-11;/h3-6,11,13H,7-9H2,1-2H3;1H. The molecule has 1 atom stereocenters. The number of hydrogen-bond acceptors (Lipinski definition) is 2. The van der Waals surface area contributed by atoms with Crippen molar-refractivity contribution in [2.45, 2.75) is 12.3 Å². The van der Waals surface area contributed by atoms with Gasteiger partial charge in [0, 0.05) is 11.8 Å². The van der Waals surface area contributed by atoms with Crippen molar-refractivity contribution in [3.63, 3.8) is 0 Å². The first-order valence-corrected chi connectivity index (χ1v) is 8.04. The first-order chi connectivity index (χ1) is 7.07. The van der Waals surface area contributed by atoms with E-state index in [0.29, 0.717) is 5.92 Å². The maximum absolute atomic E-state index is 11.8. The Morgan fingerprint density at radius 1 is 1.25 bits per heavy atom. The Bertz CT molecular complexity index is 379. The van der Waals surface area contributed by atoms with Gasteiger partial charge in [0.25, 0.3) is 0 Å². The topological polar surface area (TPSA) is 29.1 Å². The van der Waals surface area contributed by atoms with E-state index >= 15 is 0 Å². The van der Waals surface area contributed by atoms with Crippen LogP contribution >= 0.6 is 19.5 Å². The SMILES string of the molecule is CP(C)(=O)c1ccc(C2CCNC2)cc1.Cl. The van der Waals surface area contributed by atoms with Crippen LogP contribution in [0.4, 0.5) is 0 Å². The van der Waals surface area contributed by atoms with Crippen LogP contribution in [-0.2, 0) is 4.57 Å². The zero-order valence-electron chi connectivity index (χ0n) is 9.77. The quantitative estimate of drug-likeness (QED) is 0.827. The molecule has 0 amide bonds. The Morgan fingerprint density at radius 2 is 1.88 bits per heavy atom. The highest BCUT2D eigenvalue weighted by molar-refractivity contribution is 7.70. The average molecular weight is 260 g/mol. The largest absolute Gasteiger partial charge is 0.319 e. The van der Waals surface area contributed by atoms with E-state index in [1.165, 1.54) is 12.0 Å². The van der Waals surface area contributed by atoms with Gasteiger partial charge in [-0.1, -0.05) is 24.3 Å². The molecule has 0 saturated carbocycles. The summed E-state index contributed by atoms with van der Waals surface area (Å²) in [5, 5.41) is 4.34. The second-order valence-corrected chi connectivity index (χ2v) is 7.85. The van der Waals surface area contributed by atoms with Crippen molar-refractivity contribution in [3.05, 3.63) is 29.8 Å². The maximum Gasteiger partial charge on any atom is 0.109 e. The minimum absolute atomic E-state index is 0. The normalized spacial score (nSPS) is 20.5. The van der Waals surface area contributed by atoms with Crippen molar-refractivity contribution in [2.75, 3.05) is 26.4 Å². The molecule has 0 bridgehead atoms. The van der Waals surface area contributed by atoms with Crippen molar-refractivity contribution in [1.82, 2.24) is 5.32 Å². The van der Waals surface area contributed by atoms with Gasteiger partial charge >= 0.3 is 0 Å². The smallest absolute Gasteiger partial charge is 0.109 e. The predicted octanol–water partition coefficient (Wildman–Crippen LogP) is 2.43. The molecular formula is C12H19ClNOP. The first-order valence-electron chi connectivity index (χ1n) is 5.43. The van der Waals surface area contributed by atoms with Gasteiger partial charge in [-0.3, -0.25) is 0 Å². The third kappa shape index (κ3) is 3.10. The summed E-state index contributed by atoms with van der Waals surface area (Å²) in [6.07, 6.45) is 1.22. The Balaban J connectivity index is 0.00000128. The molecule has 2 nitrogen and oxygen atoms in total. The van der Waals surface area contributed by atoms with Crippen molar-refractivity contribution in [3.8, 4) is 0 Å². The van der Waals surface area contributed by atoms with E-state index < -0.39 is 7.14 Å². The fraction of sp³-hybridized carbons (Fsp3) is 0.500. The summed E-state index contributed by atoms with van der Waals surface area (Å²) in [4.78, 5) is 0. The number of rotatable bonds is 2. The van der Waals surface area contributed by atoms with E-state index in [1.807, 2.05) is 25.5 Å². The van der Waals surface area contributed by atoms with Crippen LogP contribution in [0.2, 0.25) is 0 Å². The van der Waals surface area contributed by atoms with Gasteiger partial charge in [-0.15, -0.1) is 12.4 Å². The number of benzene rings is 1. The summed E-state index contributed by atoms with van der Waals surface area (Å²) < 4.78 is 11.8. The van der Waals surface area contributed by atoms with E-state index in [0.717, 1.165) is 18.4 Å². The maximum atomic E-state index is 11.8. The highest BCUT2D eigenvalue weighted by Crippen LogP contribution is 2.35. The molecule has 1 heterocycles. The van der Waals surface area contributed by atoms with Crippen LogP contribution in [0.1, 0.15) is 17.9 Å². The molecule has 16 heavy (non-hydrogen) atoms. The fourth-order valence-electron chi connectivity index (χ4n) is 2.04. The van der Waals surface area contributed by atoms with E-state index in [1.54, 1.807) is 0 Å². The highest BCUT2D eigenvalue weighted by atomic mass is 35.5. The van der Waals surface area contributed by atoms with Gasteiger partial charge in [-0.25, -0.2) is 0 Å². The second-order valence-electron chi connectivity index (χ2n) is 4.63. The van der Waals surface area contributed by atoms with Gasteiger partial charge in [0.1, 0.15) is 7.14 Å². The summed E-state index contributed by atoms with van der Waals surface area (Å²) in [5.74, 6) is 0.646. The van der Waals surface area contributed by atoms with Gasteiger partial charge in [-0.05, 0) is 37.8 Å². The molecule has 1 aromatic rings. The van der Waals surface area contributed by atoms with Gasteiger partial charge in [-0.2, -0.15) is 0 Å². The minimum atomic E-state index is -2.09. The average Bonchev–Trinajstić information content (AvgIpc) is 2.69. The van der Waals surface area contributed by atoms with Crippen LogP contribution in [0.15, 0.2) is 24.3 Å². The number of nitrogens with one attached hydrogen (secondary N) is 1. The molecular weight excluding hydrogens is 241 g/mol. The van der Waals surface area contributed by atoms with Gasteiger partial charge in [0.15, 0.2) is 0 Å². The minimum Gasteiger partial charge on any atom is -0.319 e. The van der Waals surface area contributed by atoms with Crippen molar-refractivity contribution < 1.29 is 4.57 Å². The lowest BCUT2D eigenvalue weighted by molar-refractivity contribution is 0.588. The van der Waals surface area contributed by atoms with Crippen molar-refractivity contribution in [1.29, 1.82) is 0 Å². The lowest BCUT2D eigenvalue weighted by atomic mass is 9.99. The van der Waals surface area contributed by atoms with Crippen LogP contribution < -0.4 is 10.6 Å². The molecule has 1 fully saturated rings. The third-order valence-electron chi connectivity index (χ3n) is 3.05. The molecule has 4 heteroatoms. The van der Waals surface area contributed by atoms with E-state index in [2.05, 4.69) is 17.4 Å². The lowest BCUT2D eigenvalue weighted by Gasteiger charge is -2.11. The molecule has 1 aliphatic heterocycles. The van der Waals surface area contributed by atoms with E-state index in [-0.39, 0.29) is 12.4 Å². The lowest BCUT2D eigenvalue weighted by Crippen LogP contribution is -2.09. The van der Waals surface area contributed by atoms with Crippen molar-refractivity contribution in [2.24, 2.45) is 0 Å². The molecule has 2 rings (SSSR count). The molecule has 90 valence electrons. The first kappa shape index (κ1) is 13.8. The molecule has 0 aliphatic carbocycles. The Hall–Kier alpha value is -0.300. The van der Waals surface area contributed by atoms with Crippen LogP contribution in [0.25, 0.3) is 0 Å². The zero-order chi connectivity index (χ0) is 10.9. The summed E-state index contributed by atoms with van der Waals surface area (Å²) in [6.45, 7) is 5.83. The Kier molecular flexibility index (Phi) is 4.61. The summed E-state index contributed by atoms with van der Waals surface area (Å²) in [6, 6.07) is 8.31. The molecule has 1 unspecified atom stereocenters. The predicted molar refractivity (Wildman–Crippen MR) is 73.0 cm³/mol. The van der Waals surface area contributed by atoms with E-state index in [9.17, 15) is 4.57 Å². The summed E-state index contributed by atoms with van der Waals surface area (Å²) in [7, 11) is -2.09. The Labute approximate surface area is 104 Å². The van der Waals surface area contributed by atoms with Crippen LogP contribution in [0.3, 0.4) is 0 Å². The van der Waals surface area contributed by atoms with Gasteiger partial charge in [0.05, 0.1) is 0 Å². The van der Waals surface area contributed by atoms with Gasteiger partial charge < -0.3 is 9.88 Å². The van der Waals surface area contributed by atoms with Crippen LogP contribution in [0, 0.1) is 0 Å². The Morgan fingerprint density at radius 3 is 2.31 bits per heavy atom. The molecule has 1 saturated heterocycles. The fourth-order valence-corrected chi connectivity index (χ4v) is 2.91. The van der Waals surface area contributed by atoms with Crippen LogP contribution in [-0.4, -0.2) is 26.4 Å². The molecule has 0 spiro atoms. The second kappa shape index (κ2) is 5.35. The zero-order valence-corrected chi connectivity index (χ0v) is 11.5. The summed E-state index contributed by atoms with van der Waals surface area (Å²) >= 11 is 0. The highest BCUT2D eigenvalue weighted by Gasteiger charge is 2.17. The third-order valence-corrected chi connectivity index (χ3v) is 4.59.